The van der Waals surface area contributed by atoms with Crippen molar-refractivity contribution in [2.45, 2.75) is 19.6 Å². The Morgan fingerprint density at radius 3 is 2.29 bits per heavy atom. The van der Waals surface area contributed by atoms with Gasteiger partial charge in [0, 0.05) is 12.1 Å². The molecule has 146 valence electrons. The third-order valence-electron chi connectivity index (χ3n) is 3.89. The molecule has 0 saturated heterocycles. The average Bonchev–Trinajstić information content (AvgIpc) is 2.62. The van der Waals surface area contributed by atoms with Crippen LogP contribution in [0, 0.1) is 18.6 Å². The summed E-state index contributed by atoms with van der Waals surface area (Å²) in [5, 5.41) is 2.76. The zero-order valence-electron chi connectivity index (χ0n) is 14.6. The Hall–Kier alpha value is -3.16. The van der Waals surface area contributed by atoms with Crippen molar-refractivity contribution in [3.8, 4) is 11.5 Å². The normalized spacial score (nSPS) is 11.4. The first-order chi connectivity index (χ1) is 13.2. The maximum Gasteiger partial charge on any atom is 0.419 e. The van der Waals surface area contributed by atoms with Gasteiger partial charge < -0.3 is 10.1 Å². The molecule has 0 unspecified atom stereocenters. The average molecular weight is 394 g/mol. The molecule has 0 atom stereocenters. The summed E-state index contributed by atoms with van der Waals surface area (Å²) < 4.78 is 72.0. The van der Waals surface area contributed by atoms with Gasteiger partial charge in [0.15, 0.2) is 0 Å². The predicted molar refractivity (Wildman–Crippen MR) is 94.2 cm³/mol. The Morgan fingerprint density at radius 1 is 1.00 bits per heavy atom. The standard InChI is InChI=1S/C20H15F5N2O/c1-12-8-16(21)14(17(22)9-12)11-27-19-7-6-13(10-26-19)28-18-5-3-2-4-15(18)20(23,24)25/h2-10H,11H2,1H3,(H,26,27). The summed E-state index contributed by atoms with van der Waals surface area (Å²) in [6.45, 7) is 1.45. The first-order valence-corrected chi connectivity index (χ1v) is 8.22. The van der Waals surface area contributed by atoms with Crippen molar-refractivity contribution in [1.29, 1.82) is 0 Å². The molecule has 1 N–H and O–H groups in total. The lowest BCUT2D eigenvalue weighted by Gasteiger charge is -2.13. The molecule has 0 aliphatic heterocycles. The van der Waals surface area contributed by atoms with Crippen molar-refractivity contribution < 1.29 is 26.7 Å². The minimum atomic E-state index is -4.55. The van der Waals surface area contributed by atoms with Crippen LogP contribution in [0.5, 0.6) is 11.5 Å². The molecule has 3 aromatic rings. The lowest BCUT2D eigenvalue weighted by atomic mass is 10.1. The van der Waals surface area contributed by atoms with Gasteiger partial charge in [0.05, 0.1) is 11.8 Å². The third kappa shape index (κ3) is 4.57. The topological polar surface area (TPSA) is 34.1 Å². The summed E-state index contributed by atoms with van der Waals surface area (Å²) in [6.07, 6.45) is -3.33. The molecule has 0 amide bonds. The second kappa shape index (κ2) is 7.84. The molecule has 0 saturated carbocycles. The lowest BCUT2D eigenvalue weighted by Crippen LogP contribution is -2.07. The zero-order valence-corrected chi connectivity index (χ0v) is 14.6. The Labute approximate surface area is 157 Å². The first-order valence-electron chi connectivity index (χ1n) is 8.22. The zero-order chi connectivity index (χ0) is 20.3. The summed E-state index contributed by atoms with van der Waals surface area (Å²) in [5.74, 6) is -1.31. The van der Waals surface area contributed by atoms with Crippen molar-refractivity contribution >= 4 is 5.82 Å². The minimum absolute atomic E-state index is 0.0925. The Kier molecular flexibility index (Phi) is 5.48. The van der Waals surface area contributed by atoms with Gasteiger partial charge in [-0.15, -0.1) is 0 Å². The van der Waals surface area contributed by atoms with Crippen LogP contribution in [0.3, 0.4) is 0 Å². The molecule has 28 heavy (non-hydrogen) atoms. The molecule has 3 nitrogen and oxygen atoms in total. The van der Waals surface area contributed by atoms with Gasteiger partial charge >= 0.3 is 6.18 Å². The van der Waals surface area contributed by atoms with Crippen molar-refractivity contribution in [2.75, 3.05) is 5.32 Å². The van der Waals surface area contributed by atoms with Crippen molar-refractivity contribution in [1.82, 2.24) is 4.98 Å². The number of aromatic nitrogens is 1. The maximum absolute atomic E-state index is 13.8. The highest BCUT2D eigenvalue weighted by atomic mass is 19.4. The molecular formula is C20H15F5N2O. The molecule has 0 aliphatic rings. The number of rotatable bonds is 5. The van der Waals surface area contributed by atoms with Crippen LogP contribution in [0.2, 0.25) is 0 Å². The second-order valence-electron chi connectivity index (χ2n) is 6.04. The number of halogens is 5. The number of aryl methyl sites for hydroxylation is 1. The van der Waals surface area contributed by atoms with E-state index in [1.165, 1.54) is 48.7 Å². The quantitative estimate of drug-likeness (QED) is 0.532. The minimum Gasteiger partial charge on any atom is -0.455 e. The molecule has 1 heterocycles. The van der Waals surface area contributed by atoms with Crippen LogP contribution in [0.25, 0.3) is 0 Å². The van der Waals surface area contributed by atoms with E-state index < -0.39 is 23.4 Å². The molecule has 0 radical (unpaired) electrons. The van der Waals surface area contributed by atoms with Gasteiger partial charge in [-0.05, 0) is 48.9 Å². The van der Waals surface area contributed by atoms with E-state index in [0.717, 1.165) is 6.07 Å². The van der Waals surface area contributed by atoms with Gasteiger partial charge in [-0.25, -0.2) is 13.8 Å². The van der Waals surface area contributed by atoms with Gasteiger partial charge in [-0.2, -0.15) is 13.2 Å². The molecule has 8 heteroatoms. The Bertz CT molecular complexity index is 948. The van der Waals surface area contributed by atoms with Crippen molar-refractivity contribution in [3.05, 3.63) is 83.1 Å². The SMILES string of the molecule is Cc1cc(F)c(CNc2ccc(Oc3ccccc3C(F)(F)F)cn2)c(F)c1. The fourth-order valence-corrected chi connectivity index (χ4v) is 2.54. The summed E-state index contributed by atoms with van der Waals surface area (Å²) >= 11 is 0. The van der Waals surface area contributed by atoms with Crippen molar-refractivity contribution in [3.63, 3.8) is 0 Å². The molecule has 0 fully saturated rings. The van der Waals surface area contributed by atoms with Gasteiger partial charge in [0.25, 0.3) is 0 Å². The molecular weight excluding hydrogens is 379 g/mol. The second-order valence-corrected chi connectivity index (χ2v) is 6.04. The number of pyridine rings is 1. The fraction of sp³-hybridized carbons (Fsp3) is 0.150. The highest BCUT2D eigenvalue weighted by Crippen LogP contribution is 2.37. The molecule has 1 aromatic heterocycles. The van der Waals surface area contributed by atoms with Gasteiger partial charge in [0.2, 0.25) is 0 Å². The number of hydrogen-bond acceptors (Lipinski definition) is 3. The van der Waals surface area contributed by atoms with Gasteiger partial charge in [-0.1, -0.05) is 12.1 Å². The number of nitrogens with zero attached hydrogens (tertiary/aromatic N) is 1. The number of hydrogen-bond donors (Lipinski definition) is 1. The number of anilines is 1. The molecule has 3 rings (SSSR count). The van der Waals surface area contributed by atoms with Gasteiger partial charge in [-0.3, -0.25) is 0 Å². The van der Waals surface area contributed by atoms with Crippen LogP contribution >= 0.6 is 0 Å². The summed E-state index contributed by atoms with van der Waals surface area (Å²) in [7, 11) is 0. The number of ether oxygens (including phenoxy) is 1. The first kappa shape index (κ1) is 19.6. The molecule has 0 aliphatic carbocycles. The van der Waals surface area contributed by atoms with Crippen molar-refractivity contribution in [2.24, 2.45) is 0 Å². The van der Waals surface area contributed by atoms with Crippen LogP contribution in [-0.2, 0) is 12.7 Å². The fourth-order valence-electron chi connectivity index (χ4n) is 2.54. The Balaban J connectivity index is 1.70. The summed E-state index contributed by atoms with van der Waals surface area (Å²) in [4.78, 5) is 4.00. The van der Waals surface area contributed by atoms with E-state index >= 15 is 0 Å². The largest absolute Gasteiger partial charge is 0.455 e. The number of para-hydroxylation sites is 1. The van der Waals surface area contributed by atoms with Gasteiger partial charge in [0.1, 0.15) is 29.0 Å². The maximum atomic E-state index is 13.8. The number of alkyl halides is 3. The molecule has 0 bridgehead atoms. The number of nitrogens with one attached hydrogen (secondary N) is 1. The summed E-state index contributed by atoms with van der Waals surface area (Å²) in [6, 6.07) is 10.1. The molecule has 0 spiro atoms. The van der Waals surface area contributed by atoms with Crippen LogP contribution < -0.4 is 10.1 Å². The highest BCUT2D eigenvalue weighted by molar-refractivity contribution is 5.42. The third-order valence-corrected chi connectivity index (χ3v) is 3.89. The van der Waals surface area contributed by atoms with Crippen LogP contribution in [0.15, 0.2) is 54.7 Å². The van der Waals surface area contributed by atoms with E-state index in [2.05, 4.69) is 10.3 Å². The molecule has 2 aromatic carbocycles. The Morgan fingerprint density at radius 2 is 1.68 bits per heavy atom. The van der Waals surface area contributed by atoms with E-state index in [0.29, 0.717) is 5.56 Å². The lowest BCUT2D eigenvalue weighted by molar-refractivity contribution is -0.138. The van der Waals surface area contributed by atoms with E-state index in [-0.39, 0.29) is 29.4 Å². The van der Waals surface area contributed by atoms with Crippen LogP contribution in [-0.4, -0.2) is 4.98 Å². The predicted octanol–water partition coefficient (Wildman–Crippen LogP) is 6.09. The van der Waals surface area contributed by atoms with Crippen LogP contribution in [0.4, 0.5) is 27.8 Å². The monoisotopic (exact) mass is 394 g/mol. The van der Waals surface area contributed by atoms with E-state index in [1.807, 2.05) is 0 Å². The summed E-state index contributed by atoms with van der Waals surface area (Å²) in [5.41, 5.74) is -0.563. The number of benzene rings is 2. The highest BCUT2D eigenvalue weighted by Gasteiger charge is 2.34. The van der Waals surface area contributed by atoms with E-state index in [9.17, 15) is 22.0 Å². The van der Waals surface area contributed by atoms with E-state index in [1.54, 1.807) is 6.92 Å². The van der Waals surface area contributed by atoms with E-state index in [4.69, 9.17) is 4.74 Å². The van der Waals surface area contributed by atoms with Crippen LogP contribution in [0.1, 0.15) is 16.7 Å². The smallest absolute Gasteiger partial charge is 0.419 e.